The van der Waals surface area contributed by atoms with E-state index >= 15 is 0 Å². The average Bonchev–Trinajstić information content (AvgIpc) is 2.49. The van der Waals surface area contributed by atoms with Gasteiger partial charge in [-0.15, -0.1) is 0 Å². The van der Waals surface area contributed by atoms with Crippen LogP contribution in [0.4, 0.5) is 5.82 Å². The Bertz CT molecular complexity index is 753. The Morgan fingerprint density at radius 3 is 2.48 bits per heavy atom. The molecular weight excluding hydrogens is 312 g/mol. The van der Waals surface area contributed by atoms with E-state index in [0.717, 1.165) is 23.3 Å². The Balaban J connectivity index is 1.87. The molecule has 0 atom stereocenters. The highest BCUT2D eigenvalue weighted by atomic mass is 32.2. The number of hydrogen-bond acceptors (Lipinski definition) is 5. The minimum Gasteiger partial charge on any atom is -0.493 e. The van der Waals surface area contributed by atoms with Gasteiger partial charge in [-0.3, -0.25) is 0 Å². The number of para-hydroxylation sites is 1. The van der Waals surface area contributed by atoms with Crippen LogP contribution in [0.3, 0.4) is 0 Å². The third-order valence-electron chi connectivity index (χ3n) is 3.44. The van der Waals surface area contributed by atoms with Crippen LogP contribution in [0.25, 0.3) is 0 Å². The lowest BCUT2D eigenvalue weighted by Crippen LogP contribution is -2.12. The van der Waals surface area contributed by atoms with Crippen molar-refractivity contribution in [2.24, 2.45) is 0 Å². The second-order valence-corrected chi connectivity index (χ2v) is 7.46. The van der Waals surface area contributed by atoms with Crippen LogP contribution in [0, 0.1) is 13.8 Å². The van der Waals surface area contributed by atoms with Crippen molar-refractivity contribution in [1.29, 1.82) is 0 Å². The highest BCUT2D eigenvalue weighted by Crippen LogP contribution is 2.22. The summed E-state index contributed by atoms with van der Waals surface area (Å²) in [6.45, 7) is 5.18. The molecule has 0 bridgehead atoms. The molecule has 0 aliphatic rings. The fraction of sp³-hybridized carbons (Fsp3) is 0.353. The van der Waals surface area contributed by atoms with E-state index in [9.17, 15) is 8.42 Å². The van der Waals surface area contributed by atoms with Gasteiger partial charge in [-0.1, -0.05) is 18.2 Å². The number of aryl methyl sites for hydroxylation is 2. The summed E-state index contributed by atoms with van der Waals surface area (Å²) in [6, 6.07) is 9.22. The molecule has 0 spiro atoms. The molecule has 0 aliphatic heterocycles. The summed E-state index contributed by atoms with van der Waals surface area (Å²) in [7, 11) is -3.29. The zero-order valence-electron chi connectivity index (χ0n) is 13.7. The molecule has 1 aromatic heterocycles. The van der Waals surface area contributed by atoms with Crippen molar-refractivity contribution >= 4 is 15.7 Å². The van der Waals surface area contributed by atoms with Gasteiger partial charge in [-0.05, 0) is 43.5 Å². The van der Waals surface area contributed by atoms with E-state index in [2.05, 4.69) is 10.3 Å². The molecule has 6 heteroatoms. The van der Waals surface area contributed by atoms with Gasteiger partial charge in [0, 0.05) is 19.0 Å². The minimum absolute atomic E-state index is 0.218. The van der Waals surface area contributed by atoms with Gasteiger partial charge in [0.2, 0.25) is 0 Å². The van der Waals surface area contributed by atoms with Crippen molar-refractivity contribution in [3.05, 3.63) is 47.7 Å². The normalized spacial score (nSPS) is 11.3. The Labute approximate surface area is 137 Å². The van der Waals surface area contributed by atoms with E-state index in [1.165, 1.54) is 6.26 Å². The van der Waals surface area contributed by atoms with Crippen LogP contribution in [-0.2, 0) is 9.84 Å². The van der Waals surface area contributed by atoms with Gasteiger partial charge in [-0.2, -0.15) is 0 Å². The zero-order chi connectivity index (χ0) is 16.9. The molecule has 0 unspecified atom stereocenters. The van der Waals surface area contributed by atoms with E-state index < -0.39 is 9.84 Å². The average molecular weight is 334 g/mol. The molecular formula is C17H22N2O3S. The fourth-order valence-electron chi connectivity index (χ4n) is 2.30. The van der Waals surface area contributed by atoms with Crippen LogP contribution in [0.1, 0.15) is 17.5 Å². The van der Waals surface area contributed by atoms with Crippen LogP contribution in [0.15, 0.2) is 41.4 Å². The molecule has 5 nitrogen and oxygen atoms in total. The Morgan fingerprint density at radius 2 is 1.83 bits per heavy atom. The standard InChI is InChI=1S/C17H22N2O3S/c1-13-7-4-8-14(2)16(13)22-12-6-11-19-17-15(23(3,20)21)9-5-10-18-17/h4-5,7-10H,6,11-12H2,1-3H3,(H,18,19). The third kappa shape index (κ3) is 4.69. The molecule has 0 radical (unpaired) electrons. The van der Waals surface area contributed by atoms with Crippen molar-refractivity contribution < 1.29 is 13.2 Å². The lowest BCUT2D eigenvalue weighted by molar-refractivity contribution is 0.311. The molecule has 1 heterocycles. The molecule has 2 rings (SSSR count). The highest BCUT2D eigenvalue weighted by molar-refractivity contribution is 7.90. The van der Waals surface area contributed by atoms with Crippen molar-refractivity contribution in [1.82, 2.24) is 4.98 Å². The van der Waals surface area contributed by atoms with E-state index in [1.54, 1.807) is 18.3 Å². The summed E-state index contributed by atoms with van der Waals surface area (Å²) in [4.78, 5) is 4.32. The van der Waals surface area contributed by atoms with Crippen LogP contribution in [0.2, 0.25) is 0 Å². The van der Waals surface area contributed by atoms with Crippen molar-refractivity contribution in [3.8, 4) is 5.75 Å². The van der Waals surface area contributed by atoms with Gasteiger partial charge in [0.1, 0.15) is 16.5 Å². The topological polar surface area (TPSA) is 68.3 Å². The van der Waals surface area contributed by atoms with E-state index in [1.807, 2.05) is 32.0 Å². The number of benzene rings is 1. The maximum Gasteiger partial charge on any atom is 0.179 e. The summed E-state index contributed by atoms with van der Waals surface area (Å²) in [6.07, 6.45) is 3.50. The SMILES string of the molecule is Cc1cccc(C)c1OCCCNc1ncccc1S(C)(=O)=O. The maximum atomic E-state index is 11.7. The number of nitrogens with zero attached hydrogens (tertiary/aromatic N) is 1. The van der Waals surface area contributed by atoms with E-state index in [4.69, 9.17) is 4.74 Å². The van der Waals surface area contributed by atoms with E-state index in [-0.39, 0.29) is 4.90 Å². The minimum atomic E-state index is -3.29. The van der Waals surface area contributed by atoms with E-state index in [0.29, 0.717) is 19.0 Å². The number of aromatic nitrogens is 1. The summed E-state index contributed by atoms with van der Waals surface area (Å²) in [5.41, 5.74) is 2.23. The second kappa shape index (κ2) is 7.46. The molecule has 23 heavy (non-hydrogen) atoms. The van der Waals surface area contributed by atoms with Gasteiger partial charge in [0.15, 0.2) is 9.84 Å². The predicted octanol–water partition coefficient (Wildman–Crippen LogP) is 2.98. The van der Waals surface area contributed by atoms with Crippen molar-refractivity contribution in [3.63, 3.8) is 0 Å². The number of nitrogens with one attached hydrogen (secondary N) is 1. The molecule has 0 amide bonds. The number of hydrogen-bond donors (Lipinski definition) is 1. The van der Waals surface area contributed by atoms with Gasteiger partial charge < -0.3 is 10.1 Å². The van der Waals surface area contributed by atoms with Crippen LogP contribution in [0.5, 0.6) is 5.75 Å². The Hall–Kier alpha value is -2.08. The lowest BCUT2D eigenvalue weighted by Gasteiger charge is -2.13. The van der Waals surface area contributed by atoms with Gasteiger partial charge in [0.25, 0.3) is 0 Å². The Morgan fingerprint density at radius 1 is 1.13 bits per heavy atom. The first-order chi connectivity index (χ1) is 10.9. The van der Waals surface area contributed by atoms with Crippen LogP contribution in [-0.4, -0.2) is 32.8 Å². The molecule has 0 aliphatic carbocycles. The highest BCUT2D eigenvalue weighted by Gasteiger charge is 2.13. The maximum absolute atomic E-state index is 11.7. The van der Waals surface area contributed by atoms with Gasteiger partial charge in [0.05, 0.1) is 6.61 Å². The first-order valence-corrected chi connectivity index (χ1v) is 9.36. The van der Waals surface area contributed by atoms with Gasteiger partial charge in [-0.25, -0.2) is 13.4 Å². The Kier molecular flexibility index (Phi) is 5.60. The number of sulfone groups is 1. The zero-order valence-corrected chi connectivity index (χ0v) is 14.5. The molecule has 124 valence electrons. The van der Waals surface area contributed by atoms with Gasteiger partial charge >= 0.3 is 0 Å². The smallest absolute Gasteiger partial charge is 0.179 e. The monoisotopic (exact) mass is 334 g/mol. The first-order valence-electron chi connectivity index (χ1n) is 7.47. The molecule has 0 saturated carbocycles. The number of rotatable bonds is 7. The molecule has 1 N–H and O–H groups in total. The predicted molar refractivity (Wildman–Crippen MR) is 91.9 cm³/mol. The van der Waals surface area contributed by atoms with Crippen LogP contribution < -0.4 is 10.1 Å². The lowest BCUT2D eigenvalue weighted by atomic mass is 10.1. The van der Waals surface area contributed by atoms with Crippen molar-refractivity contribution in [2.45, 2.75) is 25.2 Å². The van der Waals surface area contributed by atoms with Crippen molar-refractivity contribution in [2.75, 3.05) is 24.7 Å². The molecule has 0 saturated heterocycles. The first kappa shape index (κ1) is 17.3. The molecule has 0 fully saturated rings. The number of pyridine rings is 1. The largest absolute Gasteiger partial charge is 0.493 e. The summed E-state index contributed by atoms with van der Waals surface area (Å²) in [5, 5.41) is 3.07. The summed E-state index contributed by atoms with van der Waals surface area (Å²) < 4.78 is 29.2. The summed E-state index contributed by atoms with van der Waals surface area (Å²) >= 11 is 0. The third-order valence-corrected chi connectivity index (χ3v) is 4.57. The fourth-order valence-corrected chi connectivity index (χ4v) is 3.10. The summed E-state index contributed by atoms with van der Waals surface area (Å²) in [5.74, 6) is 1.31. The van der Waals surface area contributed by atoms with Crippen LogP contribution >= 0.6 is 0 Å². The molecule has 2 aromatic rings. The number of anilines is 1. The second-order valence-electron chi connectivity index (χ2n) is 5.47. The quantitative estimate of drug-likeness (QED) is 0.788. The number of ether oxygens (including phenoxy) is 1. The molecule has 1 aromatic carbocycles.